The summed E-state index contributed by atoms with van der Waals surface area (Å²) in [6, 6.07) is 0.983. The maximum Gasteiger partial charge on any atom is 0.277 e. The van der Waals surface area contributed by atoms with E-state index in [1.54, 1.807) is 6.92 Å². The zero-order chi connectivity index (χ0) is 13.7. The summed E-state index contributed by atoms with van der Waals surface area (Å²) in [4.78, 5) is 0. The summed E-state index contributed by atoms with van der Waals surface area (Å²) in [5.41, 5.74) is 0. The van der Waals surface area contributed by atoms with E-state index in [-0.39, 0.29) is 6.42 Å². The summed E-state index contributed by atoms with van der Waals surface area (Å²) >= 11 is 0. The summed E-state index contributed by atoms with van der Waals surface area (Å²) in [5, 5.41) is 18.5. The molecule has 0 atom stereocenters. The Labute approximate surface area is 107 Å². The molecule has 0 amide bonds. The van der Waals surface area contributed by atoms with E-state index >= 15 is 0 Å². The highest BCUT2D eigenvalue weighted by molar-refractivity contribution is 6.84. The molecule has 4 nitrogen and oxygen atoms in total. The predicted molar refractivity (Wildman–Crippen MR) is 74.7 cm³/mol. The number of rotatable bonds is 8. The molecule has 0 saturated heterocycles. The van der Waals surface area contributed by atoms with Crippen LogP contribution >= 0.6 is 0 Å². The molecular formula is C11H28O4Si2. The van der Waals surface area contributed by atoms with Crippen molar-refractivity contribution in [3.63, 3.8) is 0 Å². The third-order valence-electron chi connectivity index (χ3n) is 2.30. The van der Waals surface area contributed by atoms with Crippen molar-refractivity contribution in [3.05, 3.63) is 0 Å². The monoisotopic (exact) mass is 280 g/mol. The second kappa shape index (κ2) is 6.44. The second-order valence-corrected chi connectivity index (χ2v) is 15.1. The van der Waals surface area contributed by atoms with Crippen molar-refractivity contribution >= 4 is 16.6 Å². The molecule has 0 aliphatic heterocycles. The first kappa shape index (κ1) is 17.3. The first-order valence-corrected chi connectivity index (χ1v) is 12.8. The van der Waals surface area contributed by atoms with Gasteiger partial charge in [0.2, 0.25) is 0 Å². The topological polar surface area (TPSA) is 58.9 Å². The highest BCUT2D eigenvalue weighted by Gasteiger charge is 2.29. The van der Waals surface area contributed by atoms with Crippen molar-refractivity contribution in [2.75, 3.05) is 6.61 Å². The second-order valence-electron chi connectivity index (χ2n) is 6.02. The minimum atomic E-state index is -1.97. The van der Waals surface area contributed by atoms with Gasteiger partial charge in [0.05, 0.1) is 6.61 Å². The fourth-order valence-corrected chi connectivity index (χ4v) is 9.75. The van der Waals surface area contributed by atoms with Crippen LogP contribution in [0.15, 0.2) is 0 Å². The highest BCUT2D eigenvalue weighted by atomic mass is 28.4. The molecule has 0 saturated carbocycles. The van der Waals surface area contributed by atoms with Crippen LogP contribution in [0.1, 0.15) is 19.8 Å². The summed E-state index contributed by atoms with van der Waals surface area (Å²) < 4.78 is 11.2. The van der Waals surface area contributed by atoms with Gasteiger partial charge in [-0.25, -0.2) is 0 Å². The van der Waals surface area contributed by atoms with E-state index in [2.05, 4.69) is 32.7 Å². The van der Waals surface area contributed by atoms with Gasteiger partial charge in [0.25, 0.3) is 5.97 Å². The third kappa shape index (κ3) is 9.93. The molecule has 104 valence electrons. The minimum Gasteiger partial charge on any atom is -0.456 e. The van der Waals surface area contributed by atoms with Gasteiger partial charge in [0.15, 0.2) is 16.6 Å². The lowest BCUT2D eigenvalue weighted by Crippen LogP contribution is -2.42. The Balaban J connectivity index is 3.88. The molecular weight excluding hydrogens is 252 g/mol. The van der Waals surface area contributed by atoms with Crippen molar-refractivity contribution in [2.24, 2.45) is 0 Å². The Morgan fingerprint density at radius 3 is 2.00 bits per heavy atom. The van der Waals surface area contributed by atoms with E-state index in [0.717, 1.165) is 12.5 Å². The SMILES string of the molecule is CCC(O)(O)OCCC[Si](C)(C)O[Si](C)(C)C. The van der Waals surface area contributed by atoms with Gasteiger partial charge in [-0.05, 0) is 45.2 Å². The van der Waals surface area contributed by atoms with E-state index in [1.165, 1.54) is 0 Å². The lowest BCUT2D eigenvalue weighted by atomic mass is 10.4. The van der Waals surface area contributed by atoms with Crippen LogP contribution in [0.4, 0.5) is 0 Å². The van der Waals surface area contributed by atoms with Crippen LogP contribution in [-0.2, 0) is 8.85 Å². The minimum absolute atomic E-state index is 0.180. The van der Waals surface area contributed by atoms with Crippen LogP contribution in [0.5, 0.6) is 0 Å². The van der Waals surface area contributed by atoms with E-state index < -0.39 is 22.6 Å². The van der Waals surface area contributed by atoms with Crippen molar-refractivity contribution in [3.8, 4) is 0 Å². The van der Waals surface area contributed by atoms with Crippen molar-refractivity contribution < 1.29 is 19.1 Å². The van der Waals surface area contributed by atoms with Gasteiger partial charge in [0.1, 0.15) is 0 Å². The van der Waals surface area contributed by atoms with Gasteiger partial charge in [-0.2, -0.15) is 0 Å². The molecule has 0 aromatic heterocycles. The lowest BCUT2D eigenvalue weighted by molar-refractivity contribution is -0.338. The van der Waals surface area contributed by atoms with Crippen LogP contribution in [0.2, 0.25) is 38.8 Å². The molecule has 0 unspecified atom stereocenters. The first-order valence-electron chi connectivity index (χ1n) is 6.26. The zero-order valence-electron chi connectivity index (χ0n) is 12.0. The largest absolute Gasteiger partial charge is 0.456 e. The molecule has 0 bridgehead atoms. The number of hydrogen-bond donors (Lipinski definition) is 2. The van der Waals surface area contributed by atoms with Crippen molar-refractivity contribution in [2.45, 2.75) is 64.5 Å². The normalized spacial score (nSPS) is 14.1. The fraction of sp³-hybridized carbons (Fsp3) is 1.00. The maximum absolute atomic E-state index is 9.26. The molecule has 0 fully saturated rings. The first-order chi connectivity index (χ1) is 7.47. The Bertz CT molecular complexity index is 224. The number of hydrogen-bond acceptors (Lipinski definition) is 4. The smallest absolute Gasteiger partial charge is 0.277 e. The van der Waals surface area contributed by atoms with Gasteiger partial charge in [-0.3, -0.25) is 0 Å². The van der Waals surface area contributed by atoms with Crippen LogP contribution < -0.4 is 0 Å². The maximum atomic E-state index is 9.26. The van der Waals surface area contributed by atoms with Crippen LogP contribution in [0, 0.1) is 0 Å². The molecule has 0 aliphatic carbocycles. The molecule has 0 aliphatic rings. The molecule has 2 N–H and O–H groups in total. The fourth-order valence-electron chi connectivity index (χ4n) is 1.72. The predicted octanol–water partition coefficient (Wildman–Crippen LogP) is 2.50. The summed E-state index contributed by atoms with van der Waals surface area (Å²) in [6.45, 7) is 13.0. The van der Waals surface area contributed by atoms with Gasteiger partial charge >= 0.3 is 0 Å². The third-order valence-corrected chi connectivity index (χ3v) is 8.52. The van der Waals surface area contributed by atoms with E-state index in [9.17, 15) is 10.2 Å². The average Bonchev–Trinajstić information content (AvgIpc) is 2.09. The Kier molecular flexibility index (Phi) is 6.55. The number of aliphatic hydroxyl groups is 2. The lowest BCUT2D eigenvalue weighted by Gasteiger charge is -2.31. The Morgan fingerprint density at radius 1 is 1.06 bits per heavy atom. The van der Waals surface area contributed by atoms with Crippen LogP contribution in [-0.4, -0.2) is 39.4 Å². The molecule has 0 spiro atoms. The Hall–Kier alpha value is 0.274. The number of ether oxygens (including phenoxy) is 1. The summed E-state index contributed by atoms with van der Waals surface area (Å²) in [7, 11) is -3.10. The molecule has 0 rings (SSSR count). The molecule has 0 aromatic carbocycles. The van der Waals surface area contributed by atoms with Gasteiger partial charge in [0, 0.05) is 6.42 Å². The van der Waals surface area contributed by atoms with Crippen LogP contribution in [0.3, 0.4) is 0 Å². The quantitative estimate of drug-likeness (QED) is 0.407. The summed E-state index contributed by atoms with van der Waals surface area (Å²) in [5.74, 6) is -1.97. The van der Waals surface area contributed by atoms with Gasteiger partial charge in [-0.1, -0.05) is 6.92 Å². The van der Waals surface area contributed by atoms with Crippen LogP contribution in [0.25, 0.3) is 0 Å². The standard InChI is InChI=1S/C11H28O4Si2/c1-7-11(12,13)14-9-8-10-17(5,6)15-16(2,3)4/h12-13H,7-10H2,1-6H3. The van der Waals surface area contributed by atoms with E-state index in [4.69, 9.17) is 8.85 Å². The highest BCUT2D eigenvalue weighted by Crippen LogP contribution is 2.20. The molecule has 17 heavy (non-hydrogen) atoms. The van der Waals surface area contributed by atoms with Crippen molar-refractivity contribution in [1.29, 1.82) is 0 Å². The molecule has 0 radical (unpaired) electrons. The molecule has 6 heteroatoms. The van der Waals surface area contributed by atoms with E-state index in [0.29, 0.717) is 6.61 Å². The van der Waals surface area contributed by atoms with Gasteiger partial charge in [-0.15, -0.1) is 0 Å². The zero-order valence-corrected chi connectivity index (χ0v) is 14.0. The molecule has 0 heterocycles. The molecule has 0 aromatic rings. The van der Waals surface area contributed by atoms with Crippen molar-refractivity contribution in [1.82, 2.24) is 0 Å². The average molecular weight is 281 g/mol. The van der Waals surface area contributed by atoms with Gasteiger partial charge < -0.3 is 19.1 Å². The Morgan fingerprint density at radius 2 is 1.59 bits per heavy atom. The summed E-state index contributed by atoms with van der Waals surface area (Å²) in [6.07, 6.45) is 0.992. The van der Waals surface area contributed by atoms with E-state index in [1.807, 2.05) is 0 Å².